The highest BCUT2D eigenvalue weighted by Gasteiger charge is 2.06. The molecular formula is C15H14BrN3O3. The molecule has 1 heterocycles. The van der Waals surface area contributed by atoms with Gasteiger partial charge < -0.3 is 9.47 Å². The number of hydrogen-bond donors (Lipinski definition) is 1. The molecule has 0 aliphatic rings. The van der Waals surface area contributed by atoms with E-state index in [1.54, 1.807) is 44.7 Å². The molecule has 2 rings (SSSR count). The SMILES string of the molecule is COc1ccc(C=NNC(=O)c2cncc(Br)c2)c(OC)c1. The van der Waals surface area contributed by atoms with E-state index in [0.717, 1.165) is 10.0 Å². The lowest BCUT2D eigenvalue weighted by Crippen LogP contribution is -2.17. The number of halogens is 1. The number of ether oxygens (including phenoxy) is 2. The number of carbonyl (C=O) groups excluding carboxylic acids is 1. The molecule has 0 fully saturated rings. The molecule has 0 saturated heterocycles. The number of benzene rings is 1. The molecule has 7 heteroatoms. The van der Waals surface area contributed by atoms with Gasteiger partial charge in [0.25, 0.3) is 5.91 Å². The summed E-state index contributed by atoms with van der Waals surface area (Å²) in [5.41, 5.74) is 3.57. The Labute approximate surface area is 136 Å². The van der Waals surface area contributed by atoms with Crippen molar-refractivity contribution in [3.05, 3.63) is 52.3 Å². The van der Waals surface area contributed by atoms with Gasteiger partial charge in [-0.2, -0.15) is 5.10 Å². The monoisotopic (exact) mass is 363 g/mol. The van der Waals surface area contributed by atoms with E-state index in [4.69, 9.17) is 9.47 Å². The van der Waals surface area contributed by atoms with Crippen LogP contribution in [0.5, 0.6) is 11.5 Å². The second-order valence-corrected chi connectivity index (χ2v) is 5.11. The minimum Gasteiger partial charge on any atom is -0.497 e. The fourth-order valence-corrected chi connectivity index (χ4v) is 2.05. The van der Waals surface area contributed by atoms with Crippen LogP contribution in [-0.2, 0) is 0 Å². The van der Waals surface area contributed by atoms with Gasteiger partial charge in [0.15, 0.2) is 0 Å². The first kappa shape index (κ1) is 16.0. The predicted molar refractivity (Wildman–Crippen MR) is 86.5 cm³/mol. The summed E-state index contributed by atoms with van der Waals surface area (Å²) in [6.07, 6.45) is 4.56. The predicted octanol–water partition coefficient (Wildman–Crippen LogP) is 2.63. The Hall–Kier alpha value is -2.41. The van der Waals surface area contributed by atoms with E-state index in [1.807, 2.05) is 0 Å². The van der Waals surface area contributed by atoms with Crippen LogP contribution >= 0.6 is 15.9 Å². The molecule has 1 aromatic heterocycles. The van der Waals surface area contributed by atoms with Gasteiger partial charge in [-0.3, -0.25) is 9.78 Å². The Morgan fingerprint density at radius 2 is 2.09 bits per heavy atom. The topological polar surface area (TPSA) is 72.8 Å². The van der Waals surface area contributed by atoms with Crippen LogP contribution in [0, 0.1) is 0 Å². The quantitative estimate of drug-likeness (QED) is 0.654. The van der Waals surface area contributed by atoms with Crippen molar-refractivity contribution in [2.45, 2.75) is 0 Å². The molecule has 0 spiro atoms. The molecule has 0 aliphatic heterocycles. The second kappa shape index (κ2) is 7.56. The highest BCUT2D eigenvalue weighted by Crippen LogP contribution is 2.22. The minimum atomic E-state index is -0.350. The number of nitrogens with one attached hydrogen (secondary N) is 1. The number of methoxy groups -OCH3 is 2. The van der Waals surface area contributed by atoms with Crippen LogP contribution < -0.4 is 14.9 Å². The summed E-state index contributed by atoms with van der Waals surface area (Å²) in [4.78, 5) is 15.8. The fourth-order valence-electron chi connectivity index (χ4n) is 1.69. The number of nitrogens with zero attached hydrogens (tertiary/aromatic N) is 2. The number of rotatable bonds is 5. The largest absolute Gasteiger partial charge is 0.497 e. The van der Waals surface area contributed by atoms with Crippen molar-refractivity contribution in [1.29, 1.82) is 0 Å². The lowest BCUT2D eigenvalue weighted by Gasteiger charge is -2.06. The van der Waals surface area contributed by atoms with Gasteiger partial charge in [0.2, 0.25) is 0 Å². The fraction of sp³-hybridized carbons (Fsp3) is 0.133. The van der Waals surface area contributed by atoms with Crippen molar-refractivity contribution in [3.63, 3.8) is 0 Å². The number of hydrazone groups is 1. The molecule has 0 atom stereocenters. The zero-order valence-electron chi connectivity index (χ0n) is 12.0. The number of aromatic nitrogens is 1. The van der Waals surface area contributed by atoms with E-state index in [-0.39, 0.29) is 5.91 Å². The molecule has 0 bridgehead atoms. The Bertz CT molecular complexity index is 704. The molecule has 1 amide bonds. The third-order valence-electron chi connectivity index (χ3n) is 2.78. The van der Waals surface area contributed by atoms with Gasteiger partial charge in [-0.05, 0) is 34.1 Å². The Balaban J connectivity index is 2.08. The summed E-state index contributed by atoms with van der Waals surface area (Å²) in [5.74, 6) is 0.928. The van der Waals surface area contributed by atoms with E-state index >= 15 is 0 Å². The van der Waals surface area contributed by atoms with Gasteiger partial charge in [-0.15, -0.1) is 0 Å². The molecule has 1 aromatic carbocycles. The normalized spacial score (nSPS) is 10.5. The number of hydrogen-bond acceptors (Lipinski definition) is 5. The van der Waals surface area contributed by atoms with Crippen molar-refractivity contribution < 1.29 is 14.3 Å². The third kappa shape index (κ3) is 4.05. The van der Waals surface area contributed by atoms with Gasteiger partial charge in [0, 0.05) is 28.5 Å². The summed E-state index contributed by atoms with van der Waals surface area (Å²) < 4.78 is 11.1. The van der Waals surface area contributed by atoms with E-state index in [1.165, 1.54) is 12.4 Å². The van der Waals surface area contributed by atoms with Gasteiger partial charge in [-0.25, -0.2) is 5.43 Å². The van der Waals surface area contributed by atoms with Crippen LogP contribution in [0.2, 0.25) is 0 Å². The highest BCUT2D eigenvalue weighted by molar-refractivity contribution is 9.10. The molecule has 114 valence electrons. The van der Waals surface area contributed by atoms with Crippen LogP contribution in [0.1, 0.15) is 15.9 Å². The van der Waals surface area contributed by atoms with E-state index in [0.29, 0.717) is 17.1 Å². The number of amides is 1. The zero-order valence-corrected chi connectivity index (χ0v) is 13.6. The lowest BCUT2D eigenvalue weighted by molar-refractivity contribution is 0.0954. The Morgan fingerprint density at radius 1 is 1.27 bits per heavy atom. The number of pyridine rings is 1. The van der Waals surface area contributed by atoms with E-state index in [2.05, 4.69) is 31.4 Å². The van der Waals surface area contributed by atoms with Crippen LogP contribution in [0.15, 0.2) is 46.2 Å². The molecule has 0 saturated carbocycles. The average Bonchev–Trinajstić information content (AvgIpc) is 2.54. The summed E-state index contributed by atoms with van der Waals surface area (Å²) in [7, 11) is 3.13. The van der Waals surface area contributed by atoms with Crippen molar-refractivity contribution >= 4 is 28.1 Å². The third-order valence-corrected chi connectivity index (χ3v) is 3.21. The van der Waals surface area contributed by atoms with Crippen LogP contribution in [0.25, 0.3) is 0 Å². The number of carbonyl (C=O) groups is 1. The first-order valence-electron chi connectivity index (χ1n) is 6.30. The molecule has 0 unspecified atom stereocenters. The molecule has 1 N–H and O–H groups in total. The van der Waals surface area contributed by atoms with Gasteiger partial charge in [0.05, 0.1) is 26.0 Å². The average molecular weight is 364 g/mol. The lowest BCUT2D eigenvalue weighted by atomic mass is 10.2. The van der Waals surface area contributed by atoms with Crippen LogP contribution in [0.4, 0.5) is 0 Å². The van der Waals surface area contributed by atoms with E-state index < -0.39 is 0 Å². The molecule has 6 nitrogen and oxygen atoms in total. The maximum atomic E-state index is 11.9. The smallest absolute Gasteiger partial charge is 0.272 e. The summed E-state index contributed by atoms with van der Waals surface area (Å²) in [5, 5.41) is 3.92. The van der Waals surface area contributed by atoms with Crippen molar-refractivity contribution in [2.24, 2.45) is 5.10 Å². The molecule has 0 radical (unpaired) electrons. The highest BCUT2D eigenvalue weighted by atomic mass is 79.9. The molecule has 2 aromatic rings. The van der Waals surface area contributed by atoms with Crippen molar-refractivity contribution in [2.75, 3.05) is 14.2 Å². The first-order valence-corrected chi connectivity index (χ1v) is 7.09. The summed E-state index contributed by atoms with van der Waals surface area (Å²) >= 11 is 3.26. The molecule has 22 heavy (non-hydrogen) atoms. The van der Waals surface area contributed by atoms with Gasteiger partial charge in [-0.1, -0.05) is 0 Å². The van der Waals surface area contributed by atoms with Crippen molar-refractivity contribution in [3.8, 4) is 11.5 Å². The standard InChI is InChI=1S/C15H14BrN3O3/c1-21-13-4-3-10(14(6-13)22-2)8-18-19-15(20)11-5-12(16)9-17-7-11/h3-9H,1-2H3,(H,19,20). The van der Waals surface area contributed by atoms with Crippen LogP contribution in [-0.4, -0.2) is 31.3 Å². The van der Waals surface area contributed by atoms with Gasteiger partial charge in [0.1, 0.15) is 11.5 Å². The summed E-state index contributed by atoms with van der Waals surface area (Å²) in [6, 6.07) is 6.96. The Kier molecular flexibility index (Phi) is 5.48. The Morgan fingerprint density at radius 3 is 2.77 bits per heavy atom. The molecular weight excluding hydrogens is 350 g/mol. The maximum absolute atomic E-state index is 11.9. The minimum absolute atomic E-state index is 0.350. The van der Waals surface area contributed by atoms with Crippen molar-refractivity contribution in [1.82, 2.24) is 10.4 Å². The molecule has 0 aliphatic carbocycles. The summed E-state index contributed by atoms with van der Waals surface area (Å²) in [6.45, 7) is 0. The maximum Gasteiger partial charge on any atom is 0.272 e. The first-order chi connectivity index (χ1) is 10.6. The zero-order chi connectivity index (χ0) is 15.9. The van der Waals surface area contributed by atoms with Gasteiger partial charge >= 0.3 is 0 Å². The van der Waals surface area contributed by atoms with Crippen LogP contribution in [0.3, 0.4) is 0 Å². The van der Waals surface area contributed by atoms with E-state index in [9.17, 15) is 4.79 Å². The second-order valence-electron chi connectivity index (χ2n) is 4.20.